The van der Waals surface area contributed by atoms with Crippen LogP contribution in [0, 0.1) is 0 Å². The van der Waals surface area contributed by atoms with Crippen LogP contribution in [0.25, 0.3) is 0 Å². The number of esters is 1. The second-order valence-electron chi connectivity index (χ2n) is 10.2. The zero-order valence-corrected chi connectivity index (χ0v) is 21.5. The molecule has 0 aromatic heterocycles. The molecule has 5 atom stereocenters. The van der Waals surface area contributed by atoms with E-state index in [1.165, 1.54) is 0 Å². The van der Waals surface area contributed by atoms with E-state index in [9.17, 15) is 4.79 Å². The van der Waals surface area contributed by atoms with Crippen LogP contribution in [0.3, 0.4) is 0 Å². The van der Waals surface area contributed by atoms with Crippen LogP contribution in [-0.2, 0) is 46.5 Å². The molecule has 36 heavy (non-hydrogen) atoms. The minimum Gasteiger partial charge on any atom is -0.458 e. The monoisotopic (exact) mass is 499 g/mol. The number of methoxy groups -OCH3 is 1. The molecule has 2 aromatic rings. The van der Waals surface area contributed by atoms with Crippen molar-refractivity contribution in [2.24, 2.45) is 0 Å². The van der Waals surface area contributed by atoms with Crippen molar-refractivity contribution in [1.29, 1.82) is 0 Å². The summed E-state index contributed by atoms with van der Waals surface area (Å²) in [5, 5.41) is 1.83. The fourth-order valence-corrected chi connectivity index (χ4v) is 4.65. The van der Waals surface area contributed by atoms with E-state index >= 15 is 0 Å². The molecule has 0 aliphatic carbocycles. The van der Waals surface area contributed by atoms with Crippen LogP contribution in [0.4, 0.5) is 0 Å². The van der Waals surface area contributed by atoms with Gasteiger partial charge in [-0.25, -0.2) is 4.79 Å². The Labute approximate surface area is 213 Å². The Kier molecular flexibility index (Phi) is 9.11. The third-order valence-electron chi connectivity index (χ3n) is 6.17. The fraction of sp³-hybridized carbons (Fsp3) is 0.536. The van der Waals surface area contributed by atoms with E-state index in [0.29, 0.717) is 26.2 Å². The number of hydrogen-bond donors (Lipinski definition) is 0. The molecular weight excluding hydrogens is 462 g/mol. The molecule has 0 radical (unpaired) electrons. The molecule has 0 unspecified atom stereocenters. The van der Waals surface area contributed by atoms with Crippen LogP contribution in [0.2, 0.25) is 0 Å². The molecule has 2 aliphatic rings. The van der Waals surface area contributed by atoms with Gasteiger partial charge in [-0.1, -0.05) is 60.7 Å². The highest BCUT2D eigenvalue weighted by Crippen LogP contribution is 2.39. The van der Waals surface area contributed by atoms with Crippen LogP contribution < -0.4 is 0 Å². The highest BCUT2D eigenvalue weighted by atomic mass is 16.7. The van der Waals surface area contributed by atoms with Crippen LogP contribution in [0.5, 0.6) is 0 Å². The van der Waals surface area contributed by atoms with Crippen molar-refractivity contribution < 1.29 is 33.3 Å². The summed E-state index contributed by atoms with van der Waals surface area (Å²) in [4.78, 5) is 19.0. The highest BCUT2D eigenvalue weighted by Gasteiger charge is 2.57. The molecule has 0 spiro atoms. The molecule has 4 rings (SSSR count). The van der Waals surface area contributed by atoms with Gasteiger partial charge in [-0.15, -0.1) is 0 Å². The minimum absolute atomic E-state index is 0.106. The maximum absolute atomic E-state index is 12.8. The standard InChI is InChI=1S/C28H37NO7/c1-28(2,3)35-27(30)24-15-22-25(34-19-31-4)26(33-17-21-13-9-6-10-14-21)23(29(22)36-24)18-32-16-20-11-7-5-8-12-20/h5-14,22-26H,15-19H2,1-4H3/t22-,23-,24+,25-,26-/m1/s1. The quantitative estimate of drug-likeness (QED) is 0.341. The molecule has 2 heterocycles. The first-order valence-corrected chi connectivity index (χ1v) is 12.4. The number of nitrogens with zero attached hydrogens (tertiary/aromatic N) is 1. The summed E-state index contributed by atoms with van der Waals surface area (Å²) < 4.78 is 29.5. The number of ether oxygens (including phenoxy) is 5. The summed E-state index contributed by atoms with van der Waals surface area (Å²) in [5.74, 6) is -0.381. The van der Waals surface area contributed by atoms with Gasteiger partial charge in [0.2, 0.25) is 0 Å². The van der Waals surface area contributed by atoms with E-state index in [0.717, 1.165) is 11.1 Å². The van der Waals surface area contributed by atoms with Gasteiger partial charge in [0.25, 0.3) is 0 Å². The number of carbonyl (C=O) groups excluding carboxylic acids is 1. The number of hydrogen-bond acceptors (Lipinski definition) is 8. The summed E-state index contributed by atoms with van der Waals surface area (Å²) in [6.45, 7) is 6.87. The Bertz CT molecular complexity index is 949. The number of rotatable bonds is 11. The van der Waals surface area contributed by atoms with E-state index in [1.54, 1.807) is 7.11 Å². The summed E-state index contributed by atoms with van der Waals surface area (Å²) in [6, 6.07) is 19.5. The Morgan fingerprint density at radius 1 is 0.944 bits per heavy atom. The first kappa shape index (κ1) is 26.7. The maximum atomic E-state index is 12.8. The zero-order valence-electron chi connectivity index (χ0n) is 21.5. The normalized spacial score (nSPS) is 26.2. The lowest BCUT2D eigenvalue weighted by Gasteiger charge is -2.29. The van der Waals surface area contributed by atoms with Crippen LogP contribution in [0.1, 0.15) is 38.3 Å². The van der Waals surface area contributed by atoms with Crippen LogP contribution in [-0.4, -0.2) is 67.5 Å². The summed E-state index contributed by atoms with van der Waals surface area (Å²) >= 11 is 0. The van der Waals surface area contributed by atoms with Crippen LogP contribution >= 0.6 is 0 Å². The minimum atomic E-state index is -0.713. The van der Waals surface area contributed by atoms with Gasteiger partial charge in [0.05, 0.1) is 31.9 Å². The lowest BCUT2D eigenvalue weighted by atomic mass is 10.0. The molecule has 2 fully saturated rings. The average molecular weight is 500 g/mol. The van der Waals surface area contributed by atoms with Gasteiger partial charge in [0.15, 0.2) is 6.10 Å². The van der Waals surface area contributed by atoms with E-state index in [4.69, 9.17) is 28.5 Å². The zero-order chi connectivity index (χ0) is 25.5. The molecule has 8 heteroatoms. The molecule has 2 aliphatic heterocycles. The van der Waals surface area contributed by atoms with Crippen molar-refractivity contribution in [1.82, 2.24) is 5.06 Å². The smallest absolute Gasteiger partial charge is 0.338 e. The SMILES string of the molecule is COCO[C@H]1[C@H](OCc2ccccc2)[C@@H](COCc2ccccc2)N2O[C@H](C(=O)OC(C)(C)C)C[C@H]12. The van der Waals surface area contributed by atoms with Crippen molar-refractivity contribution in [3.05, 3.63) is 71.8 Å². The van der Waals surface area contributed by atoms with Crippen molar-refractivity contribution >= 4 is 5.97 Å². The van der Waals surface area contributed by atoms with Crippen LogP contribution in [0.15, 0.2) is 60.7 Å². The predicted molar refractivity (Wildman–Crippen MR) is 133 cm³/mol. The molecule has 0 N–H and O–H groups in total. The second-order valence-corrected chi connectivity index (χ2v) is 10.2. The molecule has 0 saturated carbocycles. The van der Waals surface area contributed by atoms with Gasteiger partial charge in [-0.3, -0.25) is 4.84 Å². The summed E-state index contributed by atoms with van der Waals surface area (Å²) in [5.41, 5.74) is 1.54. The molecule has 196 valence electrons. The van der Waals surface area contributed by atoms with Gasteiger partial charge in [0, 0.05) is 13.5 Å². The predicted octanol–water partition coefficient (Wildman–Crippen LogP) is 3.88. The second kappa shape index (κ2) is 12.3. The molecule has 0 bridgehead atoms. The van der Waals surface area contributed by atoms with Crippen molar-refractivity contribution in [3.63, 3.8) is 0 Å². The number of carbonyl (C=O) groups is 1. The topological polar surface area (TPSA) is 75.7 Å². The van der Waals surface area contributed by atoms with Gasteiger partial charge >= 0.3 is 5.97 Å². The Hall–Kier alpha value is -2.33. The Morgan fingerprint density at radius 2 is 1.58 bits per heavy atom. The van der Waals surface area contributed by atoms with Gasteiger partial charge in [-0.2, -0.15) is 5.06 Å². The molecule has 0 amide bonds. The fourth-order valence-electron chi connectivity index (χ4n) is 4.65. The van der Waals surface area contributed by atoms with E-state index in [-0.39, 0.29) is 37.1 Å². The third-order valence-corrected chi connectivity index (χ3v) is 6.17. The first-order valence-electron chi connectivity index (χ1n) is 12.4. The Balaban J connectivity index is 1.51. The first-order chi connectivity index (χ1) is 17.4. The van der Waals surface area contributed by atoms with Gasteiger partial charge in [0.1, 0.15) is 24.6 Å². The van der Waals surface area contributed by atoms with Gasteiger partial charge in [-0.05, 0) is 31.9 Å². The van der Waals surface area contributed by atoms with E-state index in [1.807, 2.05) is 86.5 Å². The maximum Gasteiger partial charge on any atom is 0.338 e. The van der Waals surface area contributed by atoms with E-state index in [2.05, 4.69) is 0 Å². The highest BCUT2D eigenvalue weighted by molar-refractivity contribution is 5.75. The molecular formula is C28H37NO7. The summed E-state index contributed by atoms with van der Waals surface area (Å²) in [6.07, 6.45) is -0.995. The third kappa shape index (κ3) is 6.91. The summed E-state index contributed by atoms with van der Waals surface area (Å²) in [7, 11) is 1.58. The molecule has 2 aromatic carbocycles. The van der Waals surface area contributed by atoms with Crippen molar-refractivity contribution in [2.45, 2.75) is 76.4 Å². The average Bonchev–Trinajstić information content (AvgIpc) is 3.40. The largest absolute Gasteiger partial charge is 0.458 e. The number of benzene rings is 2. The number of hydroxylamine groups is 2. The molecule has 8 nitrogen and oxygen atoms in total. The number of fused-ring (bicyclic) bond motifs is 1. The molecule has 2 saturated heterocycles. The van der Waals surface area contributed by atoms with Crippen molar-refractivity contribution in [2.75, 3.05) is 20.5 Å². The lowest BCUT2D eigenvalue weighted by Crippen LogP contribution is -2.43. The van der Waals surface area contributed by atoms with Gasteiger partial charge < -0.3 is 23.7 Å². The Morgan fingerprint density at radius 3 is 2.19 bits per heavy atom. The van der Waals surface area contributed by atoms with E-state index < -0.39 is 11.7 Å². The van der Waals surface area contributed by atoms with Crippen molar-refractivity contribution in [3.8, 4) is 0 Å². The lowest BCUT2D eigenvalue weighted by molar-refractivity contribution is -0.213.